The number of sulfonamides is 1. The van der Waals surface area contributed by atoms with Crippen LogP contribution >= 0.6 is 15.9 Å². The van der Waals surface area contributed by atoms with Crippen LogP contribution in [0.5, 0.6) is 0 Å². The third-order valence-electron chi connectivity index (χ3n) is 3.13. The van der Waals surface area contributed by atoms with Crippen molar-refractivity contribution in [3.05, 3.63) is 71.0 Å². The first kappa shape index (κ1) is 16.6. The van der Waals surface area contributed by atoms with Crippen molar-refractivity contribution in [1.29, 1.82) is 0 Å². The lowest BCUT2D eigenvalue weighted by Gasteiger charge is -2.13. The Bertz CT molecular complexity index is 1010. The predicted molar refractivity (Wildman–Crippen MR) is 88.4 cm³/mol. The van der Waals surface area contributed by atoms with Gasteiger partial charge in [-0.25, -0.2) is 21.9 Å². The van der Waals surface area contributed by atoms with Gasteiger partial charge in [-0.2, -0.15) is 5.10 Å². The van der Waals surface area contributed by atoms with Gasteiger partial charge in [-0.1, -0.05) is 12.1 Å². The molecule has 1 N–H and O–H groups in total. The summed E-state index contributed by atoms with van der Waals surface area (Å²) < 4.78 is 56.3. The van der Waals surface area contributed by atoms with Gasteiger partial charge in [0.15, 0.2) is 0 Å². The lowest BCUT2D eigenvalue weighted by Crippen LogP contribution is -2.16. The second-order valence-corrected chi connectivity index (χ2v) is 7.37. The summed E-state index contributed by atoms with van der Waals surface area (Å²) in [6, 6.07) is 8.70. The molecule has 3 rings (SSSR count). The van der Waals surface area contributed by atoms with E-state index in [4.69, 9.17) is 0 Å². The Kier molecular flexibility index (Phi) is 4.37. The number of nitrogens with zero attached hydrogens (tertiary/aromatic N) is 2. The molecule has 24 heavy (non-hydrogen) atoms. The van der Waals surface area contributed by atoms with Gasteiger partial charge in [0.2, 0.25) is 0 Å². The minimum absolute atomic E-state index is 0.178. The number of para-hydroxylation sites is 2. The molecule has 1 aromatic heterocycles. The quantitative estimate of drug-likeness (QED) is 0.708. The first-order valence-electron chi connectivity index (χ1n) is 6.64. The molecule has 0 spiro atoms. The molecule has 0 saturated carbocycles. The van der Waals surface area contributed by atoms with Crippen LogP contribution in [0.4, 0.5) is 14.5 Å². The standard InChI is InChI=1S/C15H10BrF2N3O2S/c16-10-8-19-21(9-10)14-4-2-1-3-13(14)20-24(22,23)15-7-11(17)5-6-12(15)18/h1-9,20H. The Morgan fingerprint density at radius 1 is 1.12 bits per heavy atom. The lowest BCUT2D eigenvalue weighted by atomic mass is 10.3. The summed E-state index contributed by atoms with van der Waals surface area (Å²) in [4.78, 5) is -0.765. The molecule has 0 atom stereocenters. The number of aromatic nitrogens is 2. The Morgan fingerprint density at radius 3 is 2.58 bits per heavy atom. The van der Waals surface area contributed by atoms with Crippen LogP contribution in [-0.4, -0.2) is 18.2 Å². The SMILES string of the molecule is O=S(=O)(Nc1ccccc1-n1cc(Br)cn1)c1cc(F)ccc1F. The fourth-order valence-electron chi connectivity index (χ4n) is 2.08. The second-order valence-electron chi connectivity index (χ2n) is 4.80. The molecule has 0 bridgehead atoms. The van der Waals surface area contributed by atoms with Gasteiger partial charge in [0.25, 0.3) is 10.0 Å². The molecular formula is C15H10BrF2N3O2S. The Labute approximate surface area is 145 Å². The molecule has 9 heteroatoms. The lowest BCUT2D eigenvalue weighted by molar-refractivity contribution is 0.555. The summed E-state index contributed by atoms with van der Waals surface area (Å²) in [6.07, 6.45) is 3.17. The summed E-state index contributed by atoms with van der Waals surface area (Å²) in [5.41, 5.74) is 0.611. The molecule has 0 aliphatic carbocycles. The summed E-state index contributed by atoms with van der Waals surface area (Å²) in [6.45, 7) is 0. The van der Waals surface area contributed by atoms with Gasteiger partial charge in [-0.05, 0) is 46.3 Å². The van der Waals surface area contributed by atoms with Gasteiger partial charge in [-0.15, -0.1) is 0 Å². The number of nitrogens with one attached hydrogen (secondary N) is 1. The summed E-state index contributed by atoms with van der Waals surface area (Å²) in [5.74, 6) is -1.88. The number of halogens is 3. The largest absolute Gasteiger partial charge is 0.277 e. The summed E-state index contributed by atoms with van der Waals surface area (Å²) >= 11 is 3.26. The first-order valence-corrected chi connectivity index (χ1v) is 8.92. The molecular weight excluding hydrogens is 404 g/mol. The minimum atomic E-state index is -4.31. The third-order valence-corrected chi connectivity index (χ3v) is 4.92. The zero-order chi connectivity index (χ0) is 17.3. The summed E-state index contributed by atoms with van der Waals surface area (Å²) in [5, 5.41) is 4.08. The van der Waals surface area contributed by atoms with Crippen molar-refractivity contribution >= 4 is 31.6 Å². The molecule has 0 unspecified atom stereocenters. The minimum Gasteiger partial charge on any atom is -0.277 e. The van der Waals surface area contributed by atoms with Crippen molar-refractivity contribution in [3.8, 4) is 5.69 Å². The Balaban J connectivity index is 2.04. The predicted octanol–water partition coefficient (Wildman–Crippen LogP) is 3.71. The normalized spacial score (nSPS) is 11.5. The highest BCUT2D eigenvalue weighted by Crippen LogP contribution is 2.25. The number of hydrogen-bond donors (Lipinski definition) is 1. The molecule has 1 heterocycles. The van der Waals surface area contributed by atoms with E-state index < -0.39 is 26.6 Å². The highest BCUT2D eigenvalue weighted by Gasteiger charge is 2.21. The van der Waals surface area contributed by atoms with Crippen LogP contribution in [0.2, 0.25) is 0 Å². The molecule has 0 amide bonds. The molecule has 5 nitrogen and oxygen atoms in total. The van der Waals surface area contributed by atoms with E-state index in [1.807, 2.05) is 0 Å². The Morgan fingerprint density at radius 2 is 1.88 bits per heavy atom. The van der Waals surface area contributed by atoms with Gasteiger partial charge >= 0.3 is 0 Å². The van der Waals surface area contributed by atoms with Crippen LogP contribution in [0.1, 0.15) is 0 Å². The van der Waals surface area contributed by atoms with Crippen molar-refractivity contribution in [2.24, 2.45) is 0 Å². The monoisotopic (exact) mass is 413 g/mol. The maximum Gasteiger partial charge on any atom is 0.264 e. The zero-order valence-corrected chi connectivity index (χ0v) is 14.4. The van der Waals surface area contributed by atoms with Crippen LogP contribution in [0, 0.1) is 11.6 Å². The molecule has 124 valence electrons. The van der Waals surface area contributed by atoms with Crippen LogP contribution in [0.15, 0.2) is 64.2 Å². The van der Waals surface area contributed by atoms with Crippen molar-refractivity contribution < 1.29 is 17.2 Å². The van der Waals surface area contributed by atoms with Gasteiger partial charge in [0.1, 0.15) is 16.5 Å². The van der Waals surface area contributed by atoms with Crippen molar-refractivity contribution in [2.75, 3.05) is 4.72 Å². The molecule has 0 aliphatic rings. The molecule has 0 radical (unpaired) electrons. The van der Waals surface area contributed by atoms with Crippen LogP contribution in [0.25, 0.3) is 5.69 Å². The fourth-order valence-corrected chi connectivity index (χ4v) is 3.53. The Hall–Kier alpha value is -2.26. The molecule has 3 aromatic rings. The average molecular weight is 414 g/mol. The van der Waals surface area contributed by atoms with Crippen LogP contribution in [0.3, 0.4) is 0 Å². The van der Waals surface area contributed by atoms with Gasteiger partial charge in [-0.3, -0.25) is 4.72 Å². The van der Waals surface area contributed by atoms with Crippen molar-refractivity contribution in [3.63, 3.8) is 0 Å². The number of rotatable bonds is 4. The van der Waals surface area contributed by atoms with E-state index in [-0.39, 0.29) is 5.69 Å². The van der Waals surface area contributed by atoms with Gasteiger partial charge in [0, 0.05) is 6.20 Å². The summed E-state index contributed by atoms with van der Waals surface area (Å²) in [7, 11) is -4.31. The number of anilines is 1. The van der Waals surface area contributed by atoms with Crippen molar-refractivity contribution in [2.45, 2.75) is 4.90 Å². The average Bonchev–Trinajstić information content (AvgIpc) is 2.96. The maximum atomic E-state index is 13.8. The highest BCUT2D eigenvalue weighted by molar-refractivity contribution is 9.10. The van der Waals surface area contributed by atoms with E-state index in [1.165, 1.54) is 16.9 Å². The third kappa shape index (κ3) is 3.31. The van der Waals surface area contributed by atoms with E-state index >= 15 is 0 Å². The zero-order valence-electron chi connectivity index (χ0n) is 11.9. The fraction of sp³-hybridized carbons (Fsp3) is 0. The smallest absolute Gasteiger partial charge is 0.264 e. The highest BCUT2D eigenvalue weighted by atomic mass is 79.9. The molecule has 0 saturated heterocycles. The molecule has 2 aromatic carbocycles. The molecule has 0 fully saturated rings. The topological polar surface area (TPSA) is 64.0 Å². The van der Waals surface area contributed by atoms with E-state index in [0.717, 1.165) is 12.1 Å². The second kappa shape index (κ2) is 6.33. The van der Waals surface area contributed by atoms with E-state index in [2.05, 4.69) is 25.8 Å². The van der Waals surface area contributed by atoms with Crippen LogP contribution in [-0.2, 0) is 10.0 Å². The molecule has 0 aliphatic heterocycles. The van der Waals surface area contributed by atoms with Crippen molar-refractivity contribution in [1.82, 2.24) is 9.78 Å². The number of hydrogen-bond acceptors (Lipinski definition) is 3. The first-order chi connectivity index (χ1) is 11.4. The maximum absolute atomic E-state index is 13.8. The van der Waals surface area contributed by atoms with Gasteiger partial charge < -0.3 is 0 Å². The van der Waals surface area contributed by atoms with E-state index in [1.54, 1.807) is 24.4 Å². The number of benzene rings is 2. The van der Waals surface area contributed by atoms with Gasteiger partial charge in [0.05, 0.1) is 22.0 Å². The van der Waals surface area contributed by atoms with E-state index in [0.29, 0.717) is 16.2 Å². The van der Waals surface area contributed by atoms with E-state index in [9.17, 15) is 17.2 Å². The van der Waals surface area contributed by atoms with Crippen LogP contribution < -0.4 is 4.72 Å².